The van der Waals surface area contributed by atoms with Crippen LogP contribution in [-0.2, 0) is 0 Å². The molecule has 0 aliphatic heterocycles. The number of para-hydroxylation sites is 1. The topological polar surface area (TPSA) is 23.5 Å². The molecule has 0 unspecified atom stereocenters. The molecule has 1 aromatic carbocycles. The number of aliphatic hydroxyl groups is 1. The van der Waals surface area contributed by atoms with E-state index in [-0.39, 0.29) is 5.82 Å². The average molecular weight is 235 g/mol. The van der Waals surface area contributed by atoms with E-state index in [1.807, 2.05) is 0 Å². The summed E-state index contributed by atoms with van der Waals surface area (Å²) in [7, 11) is 0. The van der Waals surface area contributed by atoms with Crippen molar-refractivity contribution in [2.45, 2.75) is 13.0 Å². The highest BCUT2D eigenvalue weighted by molar-refractivity contribution is 5.56. The number of anilines is 1. The molecule has 0 bridgehead atoms. The molecule has 0 saturated heterocycles. The van der Waals surface area contributed by atoms with E-state index in [0.29, 0.717) is 24.3 Å². The summed E-state index contributed by atoms with van der Waals surface area (Å²) in [6.07, 6.45) is 2.68. The molecule has 1 aromatic rings. The van der Waals surface area contributed by atoms with Gasteiger partial charge in [0.15, 0.2) is 0 Å². The van der Waals surface area contributed by atoms with Crippen molar-refractivity contribution in [1.29, 1.82) is 0 Å². The molecular formula is C14H18FNO. The molecule has 0 aliphatic rings. The van der Waals surface area contributed by atoms with Gasteiger partial charge in [-0.15, -0.1) is 13.2 Å². The second-order valence-electron chi connectivity index (χ2n) is 3.84. The van der Waals surface area contributed by atoms with Gasteiger partial charge in [0.05, 0.1) is 11.8 Å². The molecule has 0 saturated carbocycles. The highest BCUT2D eigenvalue weighted by Crippen LogP contribution is 2.29. The van der Waals surface area contributed by atoms with Gasteiger partial charge in [-0.05, 0) is 13.0 Å². The van der Waals surface area contributed by atoms with Gasteiger partial charge in [0.25, 0.3) is 0 Å². The van der Waals surface area contributed by atoms with Crippen molar-refractivity contribution < 1.29 is 9.50 Å². The fourth-order valence-electron chi connectivity index (χ4n) is 1.77. The van der Waals surface area contributed by atoms with Crippen LogP contribution < -0.4 is 4.90 Å². The van der Waals surface area contributed by atoms with Crippen molar-refractivity contribution >= 4 is 5.69 Å². The molecule has 0 amide bonds. The summed E-state index contributed by atoms with van der Waals surface area (Å²) in [6.45, 7) is 9.94. The Labute approximate surface area is 102 Å². The van der Waals surface area contributed by atoms with E-state index < -0.39 is 6.10 Å². The number of hydrogen-bond donors (Lipinski definition) is 1. The predicted molar refractivity (Wildman–Crippen MR) is 69.6 cm³/mol. The minimum atomic E-state index is -0.710. The lowest BCUT2D eigenvalue weighted by Gasteiger charge is -2.26. The van der Waals surface area contributed by atoms with Gasteiger partial charge >= 0.3 is 0 Å². The van der Waals surface area contributed by atoms with Crippen LogP contribution in [0.4, 0.5) is 10.1 Å². The molecule has 0 aliphatic carbocycles. The molecule has 0 aromatic heterocycles. The number of rotatable bonds is 6. The second-order valence-corrected chi connectivity index (χ2v) is 3.84. The normalized spacial score (nSPS) is 11.9. The molecule has 1 N–H and O–H groups in total. The first-order valence-electron chi connectivity index (χ1n) is 5.55. The van der Waals surface area contributed by atoms with Gasteiger partial charge in [0, 0.05) is 18.7 Å². The summed E-state index contributed by atoms with van der Waals surface area (Å²) in [5.41, 5.74) is 0.996. The number of nitrogens with zero attached hydrogens (tertiary/aromatic N) is 1. The lowest BCUT2D eigenvalue weighted by atomic mass is 10.1. The zero-order valence-electron chi connectivity index (χ0n) is 10.1. The van der Waals surface area contributed by atoms with E-state index in [0.717, 1.165) is 0 Å². The quantitative estimate of drug-likeness (QED) is 0.766. The molecule has 92 valence electrons. The lowest BCUT2D eigenvalue weighted by Crippen LogP contribution is -2.26. The zero-order chi connectivity index (χ0) is 12.8. The third-order valence-electron chi connectivity index (χ3n) is 2.48. The Kier molecular flexibility index (Phi) is 4.91. The molecule has 17 heavy (non-hydrogen) atoms. The Bertz CT molecular complexity index is 391. The Morgan fingerprint density at radius 3 is 2.41 bits per heavy atom. The smallest absolute Gasteiger partial charge is 0.146 e. The minimum absolute atomic E-state index is 0.341. The van der Waals surface area contributed by atoms with Gasteiger partial charge < -0.3 is 10.0 Å². The van der Waals surface area contributed by atoms with Crippen molar-refractivity contribution in [2.75, 3.05) is 18.0 Å². The summed E-state index contributed by atoms with van der Waals surface area (Å²) >= 11 is 0. The molecule has 0 fully saturated rings. The van der Waals surface area contributed by atoms with E-state index in [2.05, 4.69) is 13.2 Å². The Morgan fingerprint density at radius 2 is 1.94 bits per heavy atom. The molecule has 1 rings (SSSR count). The molecule has 0 heterocycles. The van der Waals surface area contributed by atoms with Crippen LogP contribution in [0.1, 0.15) is 18.6 Å². The summed E-state index contributed by atoms with van der Waals surface area (Å²) in [5, 5.41) is 9.67. The van der Waals surface area contributed by atoms with Crippen LogP contribution in [0.15, 0.2) is 43.5 Å². The zero-order valence-corrected chi connectivity index (χ0v) is 10.1. The molecule has 0 spiro atoms. The van der Waals surface area contributed by atoms with E-state index in [9.17, 15) is 9.50 Å². The van der Waals surface area contributed by atoms with Crippen LogP contribution in [0, 0.1) is 5.82 Å². The highest BCUT2D eigenvalue weighted by atomic mass is 19.1. The Hall–Kier alpha value is -1.61. The highest BCUT2D eigenvalue weighted by Gasteiger charge is 2.16. The van der Waals surface area contributed by atoms with Crippen LogP contribution in [0.25, 0.3) is 0 Å². The van der Waals surface area contributed by atoms with Crippen LogP contribution >= 0.6 is 0 Å². The third kappa shape index (κ3) is 3.17. The van der Waals surface area contributed by atoms with Crippen molar-refractivity contribution in [3.05, 3.63) is 54.9 Å². The van der Waals surface area contributed by atoms with Crippen LogP contribution in [0.3, 0.4) is 0 Å². The van der Waals surface area contributed by atoms with Gasteiger partial charge in [-0.1, -0.05) is 24.3 Å². The van der Waals surface area contributed by atoms with Gasteiger partial charge in [-0.25, -0.2) is 4.39 Å². The largest absolute Gasteiger partial charge is 0.389 e. The van der Waals surface area contributed by atoms with Gasteiger partial charge in [-0.3, -0.25) is 0 Å². The number of hydrogen-bond acceptors (Lipinski definition) is 2. The summed E-state index contributed by atoms with van der Waals surface area (Å²) < 4.78 is 13.9. The summed E-state index contributed by atoms with van der Waals surface area (Å²) in [4.78, 5) is 1.79. The number of benzene rings is 1. The van der Waals surface area contributed by atoms with Crippen molar-refractivity contribution in [3.63, 3.8) is 0 Å². The first-order chi connectivity index (χ1) is 8.11. The van der Waals surface area contributed by atoms with Crippen LogP contribution in [0.5, 0.6) is 0 Å². The standard InChI is InChI=1S/C14H18FNO/c1-4-9-16(10-5-2)14-12(11(3)17)7-6-8-13(14)15/h4-8,11,17H,1-2,9-10H2,3H3/t11-/m0/s1. The van der Waals surface area contributed by atoms with E-state index in [1.54, 1.807) is 36.1 Å². The fourth-order valence-corrected chi connectivity index (χ4v) is 1.77. The maximum absolute atomic E-state index is 13.9. The van der Waals surface area contributed by atoms with Gasteiger partial charge in [0.1, 0.15) is 5.82 Å². The molecular weight excluding hydrogens is 217 g/mol. The van der Waals surface area contributed by atoms with Crippen molar-refractivity contribution in [1.82, 2.24) is 0 Å². The monoisotopic (exact) mass is 235 g/mol. The SMILES string of the molecule is C=CCN(CC=C)c1c(F)cccc1[C@H](C)O. The van der Waals surface area contributed by atoms with E-state index in [4.69, 9.17) is 0 Å². The Balaban J connectivity index is 3.23. The first kappa shape index (κ1) is 13.5. The molecule has 2 nitrogen and oxygen atoms in total. The molecule has 3 heteroatoms. The molecule has 1 atom stereocenters. The van der Waals surface area contributed by atoms with E-state index in [1.165, 1.54) is 6.07 Å². The predicted octanol–water partition coefficient (Wildman–Crippen LogP) is 3.06. The summed E-state index contributed by atoms with van der Waals surface area (Å²) in [6, 6.07) is 4.71. The first-order valence-corrected chi connectivity index (χ1v) is 5.55. The van der Waals surface area contributed by atoms with Gasteiger partial charge in [0.2, 0.25) is 0 Å². The Morgan fingerprint density at radius 1 is 1.35 bits per heavy atom. The maximum atomic E-state index is 13.9. The lowest BCUT2D eigenvalue weighted by molar-refractivity contribution is 0.199. The van der Waals surface area contributed by atoms with E-state index >= 15 is 0 Å². The molecule has 0 radical (unpaired) electrons. The fraction of sp³-hybridized carbons (Fsp3) is 0.286. The number of halogens is 1. The maximum Gasteiger partial charge on any atom is 0.146 e. The minimum Gasteiger partial charge on any atom is -0.389 e. The van der Waals surface area contributed by atoms with Crippen LogP contribution in [0.2, 0.25) is 0 Å². The third-order valence-corrected chi connectivity index (χ3v) is 2.48. The van der Waals surface area contributed by atoms with Crippen molar-refractivity contribution in [3.8, 4) is 0 Å². The van der Waals surface area contributed by atoms with Crippen LogP contribution in [-0.4, -0.2) is 18.2 Å². The number of aliphatic hydroxyl groups excluding tert-OH is 1. The van der Waals surface area contributed by atoms with Crippen molar-refractivity contribution in [2.24, 2.45) is 0 Å². The van der Waals surface area contributed by atoms with Gasteiger partial charge in [-0.2, -0.15) is 0 Å². The summed E-state index contributed by atoms with van der Waals surface area (Å²) in [5.74, 6) is -0.341. The average Bonchev–Trinajstić information content (AvgIpc) is 2.28. The second kappa shape index (κ2) is 6.21.